The lowest BCUT2D eigenvalue weighted by molar-refractivity contribution is -0.163. The summed E-state index contributed by atoms with van der Waals surface area (Å²) in [5, 5.41) is 1.09. The zero-order valence-corrected chi connectivity index (χ0v) is 20.8. The lowest BCUT2D eigenvalue weighted by Gasteiger charge is -2.34. The highest BCUT2D eigenvalue weighted by molar-refractivity contribution is 6.08. The largest absolute Gasteiger partial charge is 0.458 e. The van der Waals surface area contributed by atoms with Crippen LogP contribution >= 0.6 is 0 Å². The molecule has 3 aromatic rings. The third-order valence-electron chi connectivity index (χ3n) is 5.27. The van der Waals surface area contributed by atoms with Crippen LogP contribution in [0.2, 0.25) is 0 Å². The SMILES string of the molecule is C#CNN(C(=O)CN)[C@@H](C(=O)OC(C)(C)C)C(=C(c1ccccc1)c1ccccc1)c1ccccc1. The first-order valence-corrected chi connectivity index (χ1v) is 11.6. The lowest BCUT2D eigenvalue weighted by Crippen LogP contribution is -2.55. The van der Waals surface area contributed by atoms with Crippen LogP contribution in [0.4, 0.5) is 0 Å². The van der Waals surface area contributed by atoms with E-state index in [4.69, 9.17) is 16.9 Å². The quantitative estimate of drug-likeness (QED) is 0.165. The van der Waals surface area contributed by atoms with Crippen LogP contribution in [-0.4, -0.2) is 35.1 Å². The van der Waals surface area contributed by atoms with E-state index in [1.165, 1.54) is 0 Å². The van der Waals surface area contributed by atoms with Crippen LogP contribution in [-0.2, 0) is 14.3 Å². The predicted molar refractivity (Wildman–Crippen MR) is 143 cm³/mol. The number of rotatable bonds is 8. The Labute approximate surface area is 212 Å². The number of ether oxygens (including phenoxy) is 1. The van der Waals surface area contributed by atoms with Crippen LogP contribution < -0.4 is 11.2 Å². The number of esters is 1. The van der Waals surface area contributed by atoms with Crippen LogP contribution in [0.25, 0.3) is 11.1 Å². The van der Waals surface area contributed by atoms with Gasteiger partial charge in [0, 0.05) is 11.6 Å². The summed E-state index contributed by atoms with van der Waals surface area (Å²) in [6, 6.07) is 29.8. The summed E-state index contributed by atoms with van der Waals surface area (Å²) in [6.07, 6.45) is 5.56. The maximum absolute atomic E-state index is 13.9. The van der Waals surface area contributed by atoms with E-state index >= 15 is 0 Å². The van der Waals surface area contributed by atoms with Crippen molar-refractivity contribution in [3.05, 3.63) is 108 Å². The Hall–Kier alpha value is -4.34. The molecule has 6 heteroatoms. The van der Waals surface area contributed by atoms with Crippen LogP contribution in [0.3, 0.4) is 0 Å². The van der Waals surface area contributed by atoms with Crippen molar-refractivity contribution in [2.45, 2.75) is 32.4 Å². The number of hydrazine groups is 1. The van der Waals surface area contributed by atoms with Crippen molar-refractivity contribution in [1.82, 2.24) is 10.4 Å². The Morgan fingerprint density at radius 2 is 1.33 bits per heavy atom. The summed E-state index contributed by atoms with van der Waals surface area (Å²) in [5.41, 5.74) is 11.3. The third-order valence-corrected chi connectivity index (χ3v) is 5.27. The minimum atomic E-state index is -1.24. The van der Waals surface area contributed by atoms with Gasteiger partial charge in [0.2, 0.25) is 0 Å². The summed E-state index contributed by atoms with van der Waals surface area (Å²) in [6.45, 7) is 4.95. The molecule has 0 bridgehead atoms. The number of terminal acetylenes is 1. The van der Waals surface area contributed by atoms with Crippen LogP contribution in [0.15, 0.2) is 91.0 Å². The van der Waals surface area contributed by atoms with Crippen molar-refractivity contribution in [2.24, 2.45) is 5.73 Å². The molecule has 0 aliphatic carbocycles. The van der Waals surface area contributed by atoms with Gasteiger partial charge in [0.15, 0.2) is 6.04 Å². The molecule has 0 radical (unpaired) electrons. The van der Waals surface area contributed by atoms with E-state index in [1.807, 2.05) is 91.0 Å². The molecular weight excluding hydrogens is 450 g/mol. The number of carbonyl (C=O) groups excluding carboxylic acids is 2. The molecule has 0 aliphatic rings. The van der Waals surface area contributed by atoms with Gasteiger partial charge >= 0.3 is 5.97 Å². The van der Waals surface area contributed by atoms with Gasteiger partial charge in [-0.05, 0) is 43.0 Å². The van der Waals surface area contributed by atoms with Crippen molar-refractivity contribution >= 4 is 23.0 Å². The number of nitrogens with two attached hydrogens (primary N) is 1. The smallest absolute Gasteiger partial charge is 0.336 e. The first kappa shape index (κ1) is 26.3. The Balaban J connectivity index is 2.47. The predicted octanol–water partition coefficient (Wildman–Crippen LogP) is 4.24. The second kappa shape index (κ2) is 11.9. The molecule has 0 unspecified atom stereocenters. The summed E-state index contributed by atoms with van der Waals surface area (Å²) < 4.78 is 5.83. The number of nitrogens with zero attached hydrogens (tertiary/aromatic N) is 1. The van der Waals surface area contributed by atoms with Gasteiger partial charge < -0.3 is 10.5 Å². The number of carbonyl (C=O) groups is 2. The van der Waals surface area contributed by atoms with E-state index in [-0.39, 0.29) is 6.54 Å². The van der Waals surface area contributed by atoms with Crippen molar-refractivity contribution in [3.63, 3.8) is 0 Å². The highest BCUT2D eigenvalue weighted by atomic mass is 16.6. The summed E-state index contributed by atoms with van der Waals surface area (Å²) >= 11 is 0. The first-order chi connectivity index (χ1) is 17.3. The molecular formula is C30H31N3O3. The summed E-state index contributed by atoms with van der Waals surface area (Å²) in [7, 11) is 0. The maximum Gasteiger partial charge on any atom is 0.336 e. The number of hydrogen-bond donors (Lipinski definition) is 2. The van der Waals surface area contributed by atoms with Gasteiger partial charge in [-0.1, -0.05) is 97.4 Å². The molecule has 3 rings (SSSR count). The molecule has 0 spiro atoms. The minimum Gasteiger partial charge on any atom is -0.458 e. The van der Waals surface area contributed by atoms with Crippen molar-refractivity contribution in [3.8, 4) is 12.5 Å². The van der Waals surface area contributed by atoms with E-state index < -0.39 is 23.5 Å². The molecule has 0 fully saturated rings. The second-order valence-corrected chi connectivity index (χ2v) is 9.05. The van der Waals surface area contributed by atoms with Crippen molar-refractivity contribution in [2.75, 3.05) is 6.54 Å². The molecule has 6 nitrogen and oxygen atoms in total. The molecule has 0 heterocycles. The molecule has 1 atom stereocenters. The summed E-state index contributed by atoms with van der Waals surface area (Å²) in [5.74, 6) is -1.20. The Kier molecular flexibility index (Phi) is 8.66. The maximum atomic E-state index is 13.9. The van der Waals surface area contributed by atoms with Crippen LogP contribution in [0.1, 0.15) is 37.5 Å². The monoisotopic (exact) mass is 481 g/mol. The van der Waals surface area contributed by atoms with E-state index in [0.29, 0.717) is 5.57 Å². The van der Waals surface area contributed by atoms with Crippen LogP contribution in [0, 0.1) is 12.5 Å². The Bertz CT molecular complexity index is 1200. The van der Waals surface area contributed by atoms with Crippen LogP contribution in [0.5, 0.6) is 0 Å². The third kappa shape index (κ3) is 6.41. The molecule has 3 N–H and O–H groups in total. The fraction of sp³-hybridized carbons (Fsp3) is 0.200. The molecule has 0 saturated carbocycles. The number of benzene rings is 3. The Morgan fingerprint density at radius 3 is 1.72 bits per heavy atom. The highest BCUT2D eigenvalue weighted by Gasteiger charge is 2.38. The van der Waals surface area contributed by atoms with Gasteiger partial charge in [0.1, 0.15) is 5.60 Å². The zero-order valence-electron chi connectivity index (χ0n) is 20.8. The van der Waals surface area contributed by atoms with Gasteiger partial charge in [-0.2, -0.15) is 0 Å². The molecule has 184 valence electrons. The zero-order chi connectivity index (χ0) is 26.1. The highest BCUT2D eigenvalue weighted by Crippen LogP contribution is 2.37. The molecule has 0 aliphatic heterocycles. The molecule has 3 aromatic carbocycles. The fourth-order valence-corrected chi connectivity index (χ4v) is 3.89. The molecule has 0 aromatic heterocycles. The minimum absolute atomic E-state index is 0.359. The van der Waals surface area contributed by atoms with E-state index in [1.54, 1.807) is 20.8 Å². The van der Waals surface area contributed by atoms with E-state index in [2.05, 4.69) is 11.5 Å². The van der Waals surface area contributed by atoms with Crippen molar-refractivity contribution < 1.29 is 14.3 Å². The molecule has 0 saturated heterocycles. The van der Waals surface area contributed by atoms with Crippen molar-refractivity contribution in [1.29, 1.82) is 0 Å². The molecule has 1 amide bonds. The lowest BCUT2D eigenvalue weighted by atomic mass is 9.85. The van der Waals surface area contributed by atoms with Gasteiger partial charge in [0.05, 0.1) is 6.54 Å². The summed E-state index contributed by atoms with van der Waals surface area (Å²) in [4.78, 5) is 26.9. The average molecular weight is 482 g/mol. The fourth-order valence-electron chi connectivity index (χ4n) is 3.89. The van der Waals surface area contributed by atoms with Gasteiger partial charge in [-0.3, -0.25) is 10.2 Å². The van der Waals surface area contributed by atoms with E-state index in [0.717, 1.165) is 27.3 Å². The normalized spacial score (nSPS) is 11.5. The average Bonchev–Trinajstić information content (AvgIpc) is 2.88. The van der Waals surface area contributed by atoms with Gasteiger partial charge in [-0.15, -0.1) is 0 Å². The second-order valence-electron chi connectivity index (χ2n) is 9.05. The number of hydrogen-bond acceptors (Lipinski definition) is 5. The van der Waals surface area contributed by atoms with Gasteiger partial charge in [0.25, 0.3) is 5.91 Å². The standard InChI is InChI=1S/C30H31N3O3/c1-5-32-33(25(34)21-31)28(29(35)36-30(2,3)4)27(24-19-13-8-14-20-24)26(22-15-9-6-10-16-22)23-17-11-7-12-18-23/h1,6-20,28,32H,21,31H2,2-4H3/t28-/m1/s1. The van der Waals surface area contributed by atoms with E-state index in [9.17, 15) is 9.59 Å². The van der Waals surface area contributed by atoms with Gasteiger partial charge in [-0.25, -0.2) is 9.80 Å². The number of amides is 1. The molecule has 36 heavy (non-hydrogen) atoms. The number of nitrogens with one attached hydrogen (secondary N) is 1. The Morgan fingerprint density at radius 1 is 0.889 bits per heavy atom. The topological polar surface area (TPSA) is 84.7 Å². The first-order valence-electron chi connectivity index (χ1n) is 11.6.